The Labute approximate surface area is 149 Å². The van der Waals surface area contributed by atoms with Crippen LogP contribution in [-0.4, -0.2) is 4.98 Å². The zero-order valence-corrected chi connectivity index (χ0v) is 14.0. The second kappa shape index (κ2) is 4.99. The van der Waals surface area contributed by atoms with Crippen LogP contribution in [0.1, 0.15) is 0 Å². The Balaban J connectivity index is 1.78. The fourth-order valence-electron chi connectivity index (χ4n) is 4.02. The van der Waals surface area contributed by atoms with Crippen molar-refractivity contribution in [3.05, 3.63) is 84.9 Å². The minimum atomic E-state index is 0.928. The molecule has 0 fully saturated rings. The van der Waals surface area contributed by atoms with E-state index < -0.39 is 0 Å². The van der Waals surface area contributed by atoms with Crippen molar-refractivity contribution in [1.29, 1.82) is 0 Å². The molecule has 0 aliphatic heterocycles. The van der Waals surface area contributed by atoms with Crippen LogP contribution in [0.5, 0.6) is 0 Å². The van der Waals surface area contributed by atoms with Crippen molar-refractivity contribution in [2.75, 3.05) is 0 Å². The van der Waals surface area contributed by atoms with E-state index in [9.17, 15) is 0 Å². The number of aromatic amines is 1. The third-order valence-corrected chi connectivity index (χ3v) is 5.23. The van der Waals surface area contributed by atoms with Crippen LogP contribution < -0.4 is 0 Å². The molecule has 0 saturated heterocycles. The van der Waals surface area contributed by atoms with Gasteiger partial charge in [-0.2, -0.15) is 0 Å². The maximum Gasteiger partial charge on any atom is 0.159 e. The van der Waals surface area contributed by atoms with E-state index in [1.54, 1.807) is 0 Å². The molecule has 6 aromatic rings. The van der Waals surface area contributed by atoms with Gasteiger partial charge in [0.2, 0.25) is 0 Å². The van der Waals surface area contributed by atoms with Gasteiger partial charge in [-0.05, 0) is 17.7 Å². The second-order valence-corrected chi connectivity index (χ2v) is 6.69. The average Bonchev–Trinajstić information content (AvgIpc) is 3.27. The lowest BCUT2D eigenvalue weighted by Gasteiger charge is -2.01. The summed E-state index contributed by atoms with van der Waals surface area (Å²) >= 11 is 0. The lowest BCUT2D eigenvalue weighted by Crippen LogP contribution is -1.77. The Morgan fingerprint density at radius 3 is 2.19 bits per heavy atom. The predicted molar refractivity (Wildman–Crippen MR) is 109 cm³/mol. The second-order valence-electron chi connectivity index (χ2n) is 6.69. The summed E-state index contributed by atoms with van der Waals surface area (Å²) in [6, 6.07) is 29.6. The van der Waals surface area contributed by atoms with E-state index in [1.165, 1.54) is 16.3 Å². The van der Waals surface area contributed by atoms with Crippen LogP contribution in [0.15, 0.2) is 89.3 Å². The molecule has 0 atom stereocenters. The topological polar surface area (TPSA) is 28.9 Å². The SMILES string of the molecule is c1ccc(-c2cccc3c2oc2c3ccc3c4ccccc4[nH]c32)cc1. The lowest BCUT2D eigenvalue weighted by molar-refractivity contribution is 0.673. The third-order valence-electron chi connectivity index (χ3n) is 5.23. The highest BCUT2D eigenvalue weighted by molar-refractivity contribution is 6.21. The molecular weight excluding hydrogens is 318 g/mol. The normalized spacial score (nSPS) is 11.8. The Kier molecular flexibility index (Phi) is 2.64. The monoisotopic (exact) mass is 333 g/mol. The molecule has 6 rings (SSSR count). The average molecular weight is 333 g/mol. The molecule has 0 saturated carbocycles. The molecule has 2 heteroatoms. The van der Waals surface area contributed by atoms with Crippen LogP contribution in [0.25, 0.3) is 54.9 Å². The molecule has 26 heavy (non-hydrogen) atoms. The van der Waals surface area contributed by atoms with Gasteiger partial charge in [0, 0.05) is 32.6 Å². The van der Waals surface area contributed by atoms with Crippen molar-refractivity contribution in [2.45, 2.75) is 0 Å². The maximum absolute atomic E-state index is 6.45. The van der Waals surface area contributed by atoms with Gasteiger partial charge < -0.3 is 9.40 Å². The van der Waals surface area contributed by atoms with Gasteiger partial charge in [0.05, 0.1) is 5.52 Å². The quantitative estimate of drug-likeness (QED) is 0.349. The van der Waals surface area contributed by atoms with E-state index in [0.717, 1.165) is 38.5 Å². The van der Waals surface area contributed by atoms with Crippen LogP contribution in [0.2, 0.25) is 0 Å². The van der Waals surface area contributed by atoms with Crippen LogP contribution >= 0.6 is 0 Å². The largest absolute Gasteiger partial charge is 0.453 e. The summed E-state index contributed by atoms with van der Waals surface area (Å²) < 4.78 is 6.45. The summed E-state index contributed by atoms with van der Waals surface area (Å²) in [4.78, 5) is 3.55. The lowest BCUT2D eigenvalue weighted by atomic mass is 10.0. The summed E-state index contributed by atoms with van der Waals surface area (Å²) in [7, 11) is 0. The number of nitrogens with one attached hydrogen (secondary N) is 1. The first-order chi connectivity index (χ1) is 12.9. The Bertz CT molecular complexity index is 1420. The van der Waals surface area contributed by atoms with Crippen LogP contribution in [-0.2, 0) is 0 Å². The van der Waals surface area contributed by atoms with Gasteiger partial charge in [-0.1, -0.05) is 72.8 Å². The van der Waals surface area contributed by atoms with Gasteiger partial charge in [-0.25, -0.2) is 0 Å². The first-order valence-electron chi connectivity index (χ1n) is 8.80. The molecule has 4 aromatic carbocycles. The number of rotatable bonds is 1. The summed E-state index contributed by atoms with van der Waals surface area (Å²) in [5.41, 5.74) is 6.38. The van der Waals surface area contributed by atoms with Crippen molar-refractivity contribution in [2.24, 2.45) is 0 Å². The standard InChI is InChI=1S/C24H15NO/c1-2-7-15(8-3-1)16-10-6-11-19-20-14-13-18-17-9-4-5-12-21(17)25-22(18)24(20)26-23(16)19/h1-14,25H. The molecular formula is C24H15NO. The number of hydrogen-bond donors (Lipinski definition) is 1. The zero-order valence-electron chi connectivity index (χ0n) is 14.0. The summed E-state index contributed by atoms with van der Waals surface area (Å²) in [6.07, 6.45) is 0. The van der Waals surface area contributed by atoms with Gasteiger partial charge in [-0.15, -0.1) is 0 Å². The molecule has 0 aliphatic carbocycles. The Hall–Kier alpha value is -3.52. The first kappa shape index (κ1) is 13.7. The summed E-state index contributed by atoms with van der Waals surface area (Å²) in [6.45, 7) is 0. The minimum Gasteiger partial charge on any atom is -0.453 e. The number of benzene rings is 4. The van der Waals surface area contributed by atoms with Gasteiger partial charge >= 0.3 is 0 Å². The van der Waals surface area contributed by atoms with Gasteiger partial charge in [0.25, 0.3) is 0 Å². The molecule has 1 N–H and O–H groups in total. The molecule has 0 bridgehead atoms. The Morgan fingerprint density at radius 2 is 1.27 bits per heavy atom. The van der Waals surface area contributed by atoms with E-state index in [-0.39, 0.29) is 0 Å². The molecule has 2 nitrogen and oxygen atoms in total. The molecule has 0 unspecified atom stereocenters. The van der Waals surface area contributed by atoms with E-state index >= 15 is 0 Å². The van der Waals surface area contributed by atoms with E-state index in [1.807, 2.05) is 6.07 Å². The van der Waals surface area contributed by atoms with Crippen molar-refractivity contribution in [1.82, 2.24) is 4.98 Å². The fourth-order valence-corrected chi connectivity index (χ4v) is 4.02. The highest BCUT2D eigenvalue weighted by Gasteiger charge is 2.16. The first-order valence-corrected chi connectivity index (χ1v) is 8.80. The zero-order chi connectivity index (χ0) is 17.1. The number of H-pyrrole nitrogens is 1. The smallest absolute Gasteiger partial charge is 0.159 e. The molecule has 0 aliphatic rings. The van der Waals surface area contributed by atoms with Gasteiger partial charge in [0.1, 0.15) is 5.58 Å². The molecule has 0 spiro atoms. The van der Waals surface area contributed by atoms with Gasteiger partial charge in [-0.3, -0.25) is 0 Å². The fraction of sp³-hybridized carbons (Fsp3) is 0. The van der Waals surface area contributed by atoms with Crippen LogP contribution in [0, 0.1) is 0 Å². The van der Waals surface area contributed by atoms with E-state index in [0.29, 0.717) is 0 Å². The van der Waals surface area contributed by atoms with E-state index in [2.05, 4.69) is 83.8 Å². The maximum atomic E-state index is 6.45. The molecule has 0 radical (unpaired) electrons. The number of furan rings is 1. The molecule has 122 valence electrons. The number of hydrogen-bond acceptors (Lipinski definition) is 1. The number of para-hydroxylation sites is 2. The minimum absolute atomic E-state index is 0.928. The summed E-state index contributed by atoms with van der Waals surface area (Å²) in [5.74, 6) is 0. The van der Waals surface area contributed by atoms with Crippen molar-refractivity contribution in [3.63, 3.8) is 0 Å². The number of aromatic nitrogens is 1. The molecule has 2 heterocycles. The molecule has 2 aromatic heterocycles. The highest BCUT2D eigenvalue weighted by Crippen LogP contribution is 2.39. The van der Waals surface area contributed by atoms with Crippen molar-refractivity contribution < 1.29 is 4.42 Å². The van der Waals surface area contributed by atoms with Gasteiger partial charge in [0.15, 0.2) is 5.58 Å². The van der Waals surface area contributed by atoms with Crippen molar-refractivity contribution >= 4 is 43.7 Å². The summed E-state index contributed by atoms with van der Waals surface area (Å²) in [5, 5.41) is 4.74. The third kappa shape index (κ3) is 1.76. The van der Waals surface area contributed by atoms with Crippen molar-refractivity contribution in [3.8, 4) is 11.1 Å². The molecule has 0 amide bonds. The Morgan fingerprint density at radius 1 is 0.538 bits per heavy atom. The van der Waals surface area contributed by atoms with Crippen LogP contribution in [0.4, 0.5) is 0 Å². The van der Waals surface area contributed by atoms with E-state index in [4.69, 9.17) is 4.42 Å². The number of fused-ring (bicyclic) bond motifs is 7. The van der Waals surface area contributed by atoms with Crippen LogP contribution in [0.3, 0.4) is 0 Å². The predicted octanol–water partition coefficient (Wildman–Crippen LogP) is 6.89. The highest BCUT2D eigenvalue weighted by atomic mass is 16.3.